The van der Waals surface area contributed by atoms with Crippen LogP contribution in [0.1, 0.15) is 38.6 Å². The van der Waals surface area contributed by atoms with Crippen LogP contribution >= 0.6 is 15.9 Å². The van der Waals surface area contributed by atoms with Crippen LogP contribution in [0.3, 0.4) is 0 Å². The average Bonchev–Trinajstić information content (AvgIpc) is 2.53. The van der Waals surface area contributed by atoms with Gasteiger partial charge in [0.05, 0.1) is 16.7 Å². The second-order valence-electron chi connectivity index (χ2n) is 3.97. The molecule has 0 saturated heterocycles. The average molecular weight is 243 g/mol. The fourth-order valence-electron chi connectivity index (χ4n) is 2.19. The predicted octanol–water partition coefficient (Wildman–Crippen LogP) is 3.40. The van der Waals surface area contributed by atoms with Crippen molar-refractivity contribution >= 4 is 15.9 Å². The molecule has 0 bridgehead atoms. The van der Waals surface area contributed by atoms with Crippen LogP contribution in [-0.2, 0) is 0 Å². The maximum Gasteiger partial charge on any atom is 0.0632 e. The van der Waals surface area contributed by atoms with Gasteiger partial charge < -0.3 is 0 Å². The van der Waals surface area contributed by atoms with E-state index in [2.05, 4.69) is 38.8 Å². The van der Waals surface area contributed by atoms with Gasteiger partial charge in [-0.3, -0.25) is 4.68 Å². The van der Waals surface area contributed by atoms with Gasteiger partial charge in [-0.25, -0.2) is 0 Å². The summed E-state index contributed by atoms with van der Waals surface area (Å²) in [5, 5.41) is 4.36. The first kappa shape index (κ1) is 9.25. The third-order valence-corrected chi connectivity index (χ3v) is 3.39. The van der Waals surface area contributed by atoms with E-state index in [0.29, 0.717) is 6.04 Å². The van der Waals surface area contributed by atoms with Crippen molar-refractivity contribution in [2.24, 2.45) is 5.92 Å². The molecule has 0 aromatic carbocycles. The third kappa shape index (κ3) is 1.96. The van der Waals surface area contributed by atoms with Gasteiger partial charge in [0, 0.05) is 6.20 Å². The van der Waals surface area contributed by atoms with Gasteiger partial charge in [0.2, 0.25) is 0 Å². The van der Waals surface area contributed by atoms with Crippen molar-refractivity contribution in [2.45, 2.75) is 38.6 Å². The molecule has 2 atom stereocenters. The lowest BCUT2D eigenvalue weighted by Crippen LogP contribution is -2.21. The van der Waals surface area contributed by atoms with Crippen molar-refractivity contribution < 1.29 is 0 Å². The first-order valence-electron chi connectivity index (χ1n) is 4.97. The van der Waals surface area contributed by atoms with Crippen LogP contribution in [0, 0.1) is 5.92 Å². The van der Waals surface area contributed by atoms with Crippen LogP contribution in [-0.4, -0.2) is 9.78 Å². The molecule has 2 nitrogen and oxygen atoms in total. The molecule has 1 saturated carbocycles. The molecule has 1 fully saturated rings. The Morgan fingerprint density at radius 2 is 2.23 bits per heavy atom. The minimum Gasteiger partial charge on any atom is -0.268 e. The molecule has 0 radical (unpaired) electrons. The Labute approximate surface area is 87.5 Å². The Kier molecular flexibility index (Phi) is 2.72. The first-order valence-corrected chi connectivity index (χ1v) is 5.76. The molecule has 1 aliphatic carbocycles. The Balaban J connectivity index is 2.14. The van der Waals surface area contributed by atoms with E-state index in [1.807, 2.05) is 6.20 Å². The van der Waals surface area contributed by atoms with Gasteiger partial charge in [0.15, 0.2) is 0 Å². The molecule has 1 aromatic heterocycles. The molecule has 0 N–H and O–H groups in total. The lowest BCUT2D eigenvalue weighted by atomic mass is 9.86. The van der Waals surface area contributed by atoms with Gasteiger partial charge in [0.1, 0.15) is 0 Å². The minimum absolute atomic E-state index is 0.625. The Morgan fingerprint density at radius 1 is 1.46 bits per heavy atom. The zero-order valence-corrected chi connectivity index (χ0v) is 9.50. The standard InChI is InChI=1S/C10H15BrN2/c1-8-4-2-3-5-10(8)13-7-9(11)6-12-13/h6-8,10H,2-5H2,1H3/t8-,10-/m0/s1. The second-order valence-corrected chi connectivity index (χ2v) is 4.88. The minimum atomic E-state index is 0.625. The van der Waals surface area contributed by atoms with Crippen LogP contribution in [0.2, 0.25) is 0 Å². The quantitative estimate of drug-likeness (QED) is 0.739. The summed E-state index contributed by atoms with van der Waals surface area (Å²) in [5.41, 5.74) is 0. The van der Waals surface area contributed by atoms with Gasteiger partial charge in [0.25, 0.3) is 0 Å². The highest BCUT2D eigenvalue weighted by Crippen LogP contribution is 2.33. The van der Waals surface area contributed by atoms with E-state index >= 15 is 0 Å². The summed E-state index contributed by atoms with van der Waals surface area (Å²) in [6, 6.07) is 0.625. The summed E-state index contributed by atoms with van der Waals surface area (Å²) in [4.78, 5) is 0. The lowest BCUT2D eigenvalue weighted by molar-refractivity contribution is 0.240. The van der Waals surface area contributed by atoms with E-state index in [1.54, 1.807) is 0 Å². The van der Waals surface area contributed by atoms with Gasteiger partial charge in [-0.15, -0.1) is 0 Å². The van der Waals surface area contributed by atoms with Gasteiger partial charge >= 0.3 is 0 Å². The molecule has 1 aromatic rings. The van der Waals surface area contributed by atoms with Crippen LogP contribution in [0.5, 0.6) is 0 Å². The van der Waals surface area contributed by atoms with E-state index in [0.717, 1.165) is 10.4 Å². The third-order valence-electron chi connectivity index (χ3n) is 2.98. The van der Waals surface area contributed by atoms with Crippen LogP contribution in [0.4, 0.5) is 0 Å². The molecule has 72 valence electrons. The number of rotatable bonds is 1. The smallest absolute Gasteiger partial charge is 0.0632 e. The van der Waals surface area contributed by atoms with Gasteiger partial charge in [-0.05, 0) is 34.7 Å². The monoisotopic (exact) mass is 242 g/mol. The highest BCUT2D eigenvalue weighted by atomic mass is 79.9. The summed E-state index contributed by atoms with van der Waals surface area (Å²) < 4.78 is 3.21. The molecule has 1 heterocycles. The number of aromatic nitrogens is 2. The summed E-state index contributed by atoms with van der Waals surface area (Å²) in [7, 11) is 0. The summed E-state index contributed by atoms with van der Waals surface area (Å²) in [6.07, 6.45) is 9.35. The number of hydrogen-bond acceptors (Lipinski definition) is 1. The highest BCUT2D eigenvalue weighted by molar-refractivity contribution is 9.10. The molecule has 0 aliphatic heterocycles. The molecule has 3 heteroatoms. The van der Waals surface area contributed by atoms with Crippen LogP contribution in [0.25, 0.3) is 0 Å². The number of halogens is 1. The molecule has 0 unspecified atom stereocenters. The SMILES string of the molecule is C[C@H]1CCCC[C@@H]1n1cc(Br)cn1. The topological polar surface area (TPSA) is 17.8 Å². The van der Waals surface area contributed by atoms with Crippen molar-refractivity contribution in [1.29, 1.82) is 0 Å². The fraction of sp³-hybridized carbons (Fsp3) is 0.700. The summed E-state index contributed by atoms with van der Waals surface area (Å²) in [6.45, 7) is 2.33. The zero-order chi connectivity index (χ0) is 9.26. The maximum atomic E-state index is 4.36. The molecule has 13 heavy (non-hydrogen) atoms. The van der Waals surface area contributed by atoms with Gasteiger partial charge in [-0.1, -0.05) is 19.8 Å². The van der Waals surface area contributed by atoms with Crippen molar-refractivity contribution in [2.75, 3.05) is 0 Å². The molecule has 0 spiro atoms. The van der Waals surface area contributed by atoms with Crippen molar-refractivity contribution in [1.82, 2.24) is 9.78 Å². The van der Waals surface area contributed by atoms with E-state index in [9.17, 15) is 0 Å². The van der Waals surface area contributed by atoms with Crippen LogP contribution in [0.15, 0.2) is 16.9 Å². The van der Waals surface area contributed by atoms with Crippen molar-refractivity contribution in [3.8, 4) is 0 Å². The number of hydrogen-bond donors (Lipinski definition) is 0. The van der Waals surface area contributed by atoms with Crippen LogP contribution < -0.4 is 0 Å². The summed E-state index contributed by atoms with van der Waals surface area (Å²) in [5.74, 6) is 0.778. The Bertz CT molecular complexity index is 282. The van der Waals surface area contributed by atoms with E-state index in [4.69, 9.17) is 0 Å². The predicted molar refractivity (Wildman–Crippen MR) is 56.6 cm³/mol. The molecule has 0 amide bonds. The Hall–Kier alpha value is -0.310. The zero-order valence-electron chi connectivity index (χ0n) is 7.91. The molecule has 1 aliphatic rings. The molecule has 2 rings (SSSR count). The summed E-state index contributed by atoms with van der Waals surface area (Å²) >= 11 is 3.44. The largest absolute Gasteiger partial charge is 0.268 e. The lowest BCUT2D eigenvalue weighted by Gasteiger charge is -2.28. The molecular weight excluding hydrogens is 228 g/mol. The second kappa shape index (κ2) is 3.82. The van der Waals surface area contributed by atoms with Crippen molar-refractivity contribution in [3.05, 3.63) is 16.9 Å². The van der Waals surface area contributed by atoms with Gasteiger partial charge in [-0.2, -0.15) is 5.10 Å². The van der Waals surface area contributed by atoms with E-state index in [1.165, 1.54) is 25.7 Å². The number of nitrogens with zero attached hydrogens (tertiary/aromatic N) is 2. The van der Waals surface area contributed by atoms with E-state index < -0.39 is 0 Å². The normalized spacial score (nSPS) is 29.1. The Morgan fingerprint density at radius 3 is 2.85 bits per heavy atom. The fourth-order valence-corrected chi connectivity index (χ4v) is 2.49. The first-order chi connectivity index (χ1) is 6.27. The molecular formula is C10H15BrN2. The van der Waals surface area contributed by atoms with Crippen molar-refractivity contribution in [3.63, 3.8) is 0 Å². The van der Waals surface area contributed by atoms with E-state index in [-0.39, 0.29) is 0 Å². The maximum absolute atomic E-state index is 4.36. The highest BCUT2D eigenvalue weighted by Gasteiger charge is 2.23.